The molecule has 1 amide bonds. The average Bonchev–Trinajstić information content (AvgIpc) is 3.26. The van der Waals surface area contributed by atoms with Crippen LogP contribution in [0.3, 0.4) is 0 Å². The second kappa shape index (κ2) is 9.69. The van der Waals surface area contributed by atoms with E-state index in [-0.39, 0.29) is 23.4 Å². The molecule has 1 aliphatic rings. The highest BCUT2D eigenvalue weighted by Gasteiger charge is 2.28. The van der Waals surface area contributed by atoms with Crippen LogP contribution in [0.5, 0.6) is 0 Å². The lowest BCUT2D eigenvalue weighted by molar-refractivity contribution is -0.120. The van der Waals surface area contributed by atoms with Crippen molar-refractivity contribution in [3.63, 3.8) is 0 Å². The van der Waals surface area contributed by atoms with Crippen molar-refractivity contribution in [1.82, 2.24) is 5.32 Å². The Morgan fingerprint density at radius 2 is 1.67 bits per heavy atom. The third-order valence-corrected chi connectivity index (χ3v) is 8.33. The Bertz CT molecular complexity index is 1260. The maximum absolute atomic E-state index is 13.5. The Hall–Kier alpha value is -2.64. The second-order valence-electron chi connectivity index (χ2n) is 8.47. The number of carbonyl (C=O) groups is 1. The van der Waals surface area contributed by atoms with Gasteiger partial charge in [0.05, 0.1) is 16.6 Å². The number of carbonyl (C=O) groups excluding carboxylic acids is 1. The number of rotatable bonds is 7. The first-order valence-electron chi connectivity index (χ1n) is 11.0. The average molecular weight is 527 g/mol. The molecule has 172 valence electrons. The van der Waals surface area contributed by atoms with E-state index in [2.05, 4.69) is 33.4 Å². The molecule has 33 heavy (non-hydrogen) atoms. The first-order valence-corrected chi connectivity index (χ1v) is 13.2. The fourth-order valence-electron chi connectivity index (χ4n) is 4.12. The zero-order chi connectivity index (χ0) is 23.6. The first kappa shape index (κ1) is 23.5. The lowest BCUT2D eigenvalue weighted by Crippen LogP contribution is -2.41. The number of sulfonamides is 1. The number of aryl methyl sites for hydroxylation is 3. The summed E-state index contributed by atoms with van der Waals surface area (Å²) in [6.07, 6.45) is 3.34. The number of benzene rings is 3. The van der Waals surface area contributed by atoms with Crippen molar-refractivity contribution in [3.05, 3.63) is 93.5 Å². The molecule has 0 radical (unpaired) electrons. The molecule has 5 nitrogen and oxygen atoms in total. The summed E-state index contributed by atoms with van der Waals surface area (Å²) in [6.45, 7) is 3.51. The van der Waals surface area contributed by atoms with Gasteiger partial charge in [-0.3, -0.25) is 9.10 Å². The monoisotopic (exact) mass is 526 g/mol. The van der Waals surface area contributed by atoms with Crippen LogP contribution in [0.4, 0.5) is 5.69 Å². The highest BCUT2D eigenvalue weighted by atomic mass is 79.9. The van der Waals surface area contributed by atoms with Crippen LogP contribution in [-0.2, 0) is 27.7 Å². The molecular weight excluding hydrogens is 500 g/mol. The minimum atomic E-state index is -3.93. The van der Waals surface area contributed by atoms with Gasteiger partial charge in [-0.05, 0) is 86.2 Å². The van der Waals surface area contributed by atoms with E-state index in [1.165, 1.54) is 17.5 Å². The predicted octanol–water partition coefficient (Wildman–Crippen LogP) is 5.32. The van der Waals surface area contributed by atoms with Crippen LogP contribution >= 0.6 is 15.9 Å². The van der Waals surface area contributed by atoms with Crippen LogP contribution in [0.25, 0.3) is 0 Å². The SMILES string of the molecule is Cc1ccc(S(=O)(=O)N(CC(=O)NC(C)c2ccc3c(c2)CCC3)c2ccc(Br)cc2)cc1. The van der Waals surface area contributed by atoms with Gasteiger partial charge < -0.3 is 5.32 Å². The van der Waals surface area contributed by atoms with Gasteiger partial charge in [-0.2, -0.15) is 0 Å². The van der Waals surface area contributed by atoms with Gasteiger partial charge in [0.1, 0.15) is 6.54 Å². The van der Waals surface area contributed by atoms with Gasteiger partial charge in [0.15, 0.2) is 0 Å². The molecular formula is C26H27BrN2O3S. The Morgan fingerprint density at radius 3 is 2.36 bits per heavy atom. The van der Waals surface area contributed by atoms with Gasteiger partial charge >= 0.3 is 0 Å². The molecule has 1 aliphatic carbocycles. The van der Waals surface area contributed by atoms with Gasteiger partial charge in [-0.15, -0.1) is 0 Å². The van der Waals surface area contributed by atoms with Gasteiger partial charge in [-0.1, -0.05) is 51.8 Å². The van der Waals surface area contributed by atoms with Crippen LogP contribution in [-0.4, -0.2) is 20.9 Å². The zero-order valence-corrected chi connectivity index (χ0v) is 21.1. The molecule has 3 aromatic rings. The smallest absolute Gasteiger partial charge is 0.264 e. The maximum Gasteiger partial charge on any atom is 0.264 e. The Labute approximate surface area is 204 Å². The largest absolute Gasteiger partial charge is 0.348 e. The van der Waals surface area contributed by atoms with E-state index >= 15 is 0 Å². The highest BCUT2D eigenvalue weighted by Crippen LogP contribution is 2.27. The van der Waals surface area contributed by atoms with Crippen LogP contribution in [0.15, 0.2) is 76.1 Å². The Morgan fingerprint density at radius 1 is 1.00 bits per heavy atom. The van der Waals surface area contributed by atoms with Gasteiger partial charge in [0.25, 0.3) is 10.0 Å². The predicted molar refractivity (Wildman–Crippen MR) is 135 cm³/mol. The van der Waals surface area contributed by atoms with Crippen molar-refractivity contribution in [1.29, 1.82) is 0 Å². The van der Waals surface area contributed by atoms with E-state index in [9.17, 15) is 13.2 Å². The molecule has 3 aromatic carbocycles. The molecule has 1 unspecified atom stereocenters. The number of anilines is 1. The van der Waals surface area contributed by atoms with E-state index in [4.69, 9.17) is 0 Å². The van der Waals surface area contributed by atoms with E-state index < -0.39 is 10.0 Å². The molecule has 0 saturated carbocycles. The van der Waals surface area contributed by atoms with Gasteiger partial charge in [0, 0.05) is 4.47 Å². The molecule has 7 heteroatoms. The summed E-state index contributed by atoms with van der Waals surface area (Å²) in [5, 5.41) is 2.98. The molecule has 0 bridgehead atoms. The molecule has 0 aliphatic heterocycles. The molecule has 0 saturated heterocycles. The number of nitrogens with zero attached hydrogens (tertiary/aromatic N) is 1. The van der Waals surface area contributed by atoms with E-state index in [0.717, 1.165) is 32.7 Å². The summed E-state index contributed by atoms with van der Waals surface area (Å²) in [4.78, 5) is 13.2. The Kier molecular flexibility index (Phi) is 6.91. The highest BCUT2D eigenvalue weighted by molar-refractivity contribution is 9.10. The van der Waals surface area contributed by atoms with E-state index in [1.54, 1.807) is 48.5 Å². The third kappa shape index (κ3) is 5.31. The van der Waals surface area contributed by atoms with Crippen LogP contribution in [0, 0.1) is 6.92 Å². The molecule has 0 aromatic heterocycles. The van der Waals surface area contributed by atoms with Gasteiger partial charge in [0.2, 0.25) is 5.91 Å². The van der Waals surface area contributed by atoms with Crippen molar-refractivity contribution in [2.45, 2.75) is 44.0 Å². The summed E-state index contributed by atoms with van der Waals surface area (Å²) in [5.74, 6) is -0.360. The fraction of sp³-hybridized carbons (Fsp3) is 0.269. The molecule has 0 spiro atoms. The zero-order valence-electron chi connectivity index (χ0n) is 18.7. The van der Waals surface area contributed by atoms with Crippen molar-refractivity contribution in [3.8, 4) is 0 Å². The quantitative estimate of drug-likeness (QED) is 0.453. The normalized spacial score (nSPS) is 13.9. The number of fused-ring (bicyclic) bond motifs is 1. The Balaban J connectivity index is 1.57. The topological polar surface area (TPSA) is 66.5 Å². The molecule has 0 heterocycles. The number of hydrogen-bond acceptors (Lipinski definition) is 3. The van der Waals surface area contributed by atoms with Crippen molar-refractivity contribution in [2.24, 2.45) is 0 Å². The number of nitrogens with one attached hydrogen (secondary N) is 1. The summed E-state index contributed by atoms with van der Waals surface area (Å²) < 4.78 is 29.0. The number of amides is 1. The second-order valence-corrected chi connectivity index (χ2v) is 11.3. The van der Waals surface area contributed by atoms with Crippen molar-refractivity contribution in [2.75, 3.05) is 10.8 Å². The van der Waals surface area contributed by atoms with Gasteiger partial charge in [-0.25, -0.2) is 8.42 Å². The summed E-state index contributed by atoms with van der Waals surface area (Å²) >= 11 is 3.38. The van der Waals surface area contributed by atoms with E-state index in [1.807, 2.05) is 19.9 Å². The molecule has 1 atom stereocenters. The first-order chi connectivity index (χ1) is 15.7. The maximum atomic E-state index is 13.5. The summed E-state index contributed by atoms with van der Waals surface area (Å²) in [5.41, 5.74) is 5.14. The number of halogens is 1. The van der Waals surface area contributed by atoms with Crippen LogP contribution < -0.4 is 9.62 Å². The molecule has 4 rings (SSSR count). The minimum absolute atomic E-state index is 0.149. The lowest BCUT2D eigenvalue weighted by atomic mass is 10.0. The van der Waals surface area contributed by atoms with Crippen molar-refractivity contribution < 1.29 is 13.2 Å². The number of hydrogen-bond donors (Lipinski definition) is 1. The van der Waals surface area contributed by atoms with E-state index in [0.29, 0.717) is 5.69 Å². The fourth-order valence-corrected chi connectivity index (χ4v) is 5.81. The third-order valence-electron chi connectivity index (χ3n) is 6.01. The standard InChI is InChI=1S/C26H27BrN2O3S/c1-18-6-14-25(15-7-18)33(31,32)29(24-12-10-23(27)11-13-24)17-26(30)28-19(2)21-9-8-20-4-3-5-22(20)16-21/h6-16,19H,3-5,17H2,1-2H3,(H,28,30). The van der Waals surface area contributed by atoms with Crippen LogP contribution in [0.2, 0.25) is 0 Å². The molecule has 0 fully saturated rings. The van der Waals surface area contributed by atoms with Crippen LogP contribution in [0.1, 0.15) is 41.6 Å². The molecule has 1 N–H and O–H groups in total. The summed E-state index contributed by atoms with van der Waals surface area (Å²) in [6, 6.07) is 19.7. The van der Waals surface area contributed by atoms with Crippen molar-refractivity contribution >= 4 is 37.5 Å². The minimum Gasteiger partial charge on any atom is -0.348 e. The summed E-state index contributed by atoms with van der Waals surface area (Å²) in [7, 11) is -3.93. The lowest BCUT2D eigenvalue weighted by Gasteiger charge is -2.25.